The van der Waals surface area contributed by atoms with Crippen LogP contribution in [0.5, 0.6) is 0 Å². The fourth-order valence-electron chi connectivity index (χ4n) is 3.42. The molecule has 4 rings (SSSR count). The number of anilines is 2. The predicted molar refractivity (Wildman–Crippen MR) is 113 cm³/mol. The smallest absolute Gasteiger partial charge is 0.264 e. The lowest BCUT2D eigenvalue weighted by molar-refractivity contribution is 0.586. The van der Waals surface area contributed by atoms with Crippen LogP contribution in [0.2, 0.25) is 0 Å². The SMILES string of the molecule is O=S(=O)(Nc1ccc2c(c1)N(S(=O)(=O)c1ccccc1)CCC2)c1cccc(F)c1. The Morgan fingerprint density at radius 3 is 2.30 bits per heavy atom. The molecule has 0 fully saturated rings. The van der Waals surface area contributed by atoms with E-state index in [2.05, 4.69) is 4.72 Å². The number of nitrogens with one attached hydrogen (secondary N) is 1. The first-order valence-corrected chi connectivity index (χ1v) is 12.2. The minimum absolute atomic E-state index is 0.170. The summed E-state index contributed by atoms with van der Waals surface area (Å²) in [6.45, 7) is 0.296. The van der Waals surface area contributed by atoms with Gasteiger partial charge in [0.15, 0.2) is 0 Å². The van der Waals surface area contributed by atoms with Gasteiger partial charge in [0.25, 0.3) is 20.0 Å². The molecule has 1 aliphatic heterocycles. The number of fused-ring (bicyclic) bond motifs is 1. The van der Waals surface area contributed by atoms with Gasteiger partial charge in [-0.3, -0.25) is 9.03 Å². The van der Waals surface area contributed by atoms with E-state index < -0.39 is 25.9 Å². The van der Waals surface area contributed by atoms with Crippen molar-refractivity contribution >= 4 is 31.4 Å². The lowest BCUT2D eigenvalue weighted by atomic mass is 10.0. The number of nitrogens with zero attached hydrogens (tertiary/aromatic N) is 1. The second-order valence-electron chi connectivity index (χ2n) is 6.90. The maximum Gasteiger partial charge on any atom is 0.264 e. The molecule has 0 amide bonds. The van der Waals surface area contributed by atoms with E-state index in [1.54, 1.807) is 30.3 Å². The molecule has 0 aromatic heterocycles. The molecule has 156 valence electrons. The van der Waals surface area contributed by atoms with E-state index >= 15 is 0 Å². The highest BCUT2D eigenvalue weighted by Crippen LogP contribution is 2.34. The average Bonchev–Trinajstić information content (AvgIpc) is 2.73. The van der Waals surface area contributed by atoms with E-state index in [1.807, 2.05) is 0 Å². The van der Waals surface area contributed by atoms with Gasteiger partial charge in [0.2, 0.25) is 0 Å². The Balaban J connectivity index is 1.71. The summed E-state index contributed by atoms with van der Waals surface area (Å²) in [6.07, 6.45) is 1.35. The van der Waals surface area contributed by atoms with Crippen LogP contribution in [0, 0.1) is 5.82 Å². The molecular formula is C21H19FN2O4S2. The number of hydrogen-bond donors (Lipinski definition) is 1. The van der Waals surface area contributed by atoms with E-state index in [1.165, 1.54) is 34.6 Å². The zero-order chi connectivity index (χ0) is 21.4. The van der Waals surface area contributed by atoms with E-state index in [0.717, 1.165) is 17.7 Å². The van der Waals surface area contributed by atoms with E-state index in [4.69, 9.17) is 0 Å². The number of benzene rings is 3. The molecule has 1 heterocycles. The molecule has 0 atom stereocenters. The van der Waals surface area contributed by atoms with E-state index in [-0.39, 0.29) is 15.5 Å². The van der Waals surface area contributed by atoms with Crippen LogP contribution in [-0.4, -0.2) is 23.4 Å². The van der Waals surface area contributed by atoms with Crippen LogP contribution in [0.3, 0.4) is 0 Å². The third-order valence-electron chi connectivity index (χ3n) is 4.85. The van der Waals surface area contributed by atoms with Gasteiger partial charge in [0.05, 0.1) is 21.2 Å². The molecule has 3 aromatic carbocycles. The summed E-state index contributed by atoms with van der Waals surface area (Å²) in [6, 6.07) is 17.6. The van der Waals surface area contributed by atoms with Crippen LogP contribution in [-0.2, 0) is 26.5 Å². The number of hydrogen-bond acceptors (Lipinski definition) is 4. The number of aryl methyl sites for hydroxylation is 1. The lowest BCUT2D eigenvalue weighted by Crippen LogP contribution is -2.35. The summed E-state index contributed by atoms with van der Waals surface area (Å²) in [7, 11) is -7.81. The highest BCUT2D eigenvalue weighted by Gasteiger charge is 2.29. The van der Waals surface area contributed by atoms with Crippen molar-refractivity contribution in [1.82, 2.24) is 0 Å². The standard InChI is InChI=1S/C21H19FN2O4S2/c22-17-7-4-10-20(14-17)29(25,26)23-18-12-11-16-6-5-13-24(21(16)15-18)30(27,28)19-8-2-1-3-9-19/h1-4,7-12,14-15,23H,5-6,13H2. The molecule has 30 heavy (non-hydrogen) atoms. The number of rotatable bonds is 5. The van der Waals surface area contributed by atoms with Gasteiger partial charge in [0, 0.05) is 6.54 Å². The summed E-state index contributed by atoms with van der Waals surface area (Å²) in [5.41, 5.74) is 1.45. The topological polar surface area (TPSA) is 83.6 Å². The maximum atomic E-state index is 13.4. The lowest BCUT2D eigenvalue weighted by Gasteiger charge is -2.31. The summed E-state index contributed by atoms with van der Waals surface area (Å²) in [4.78, 5) is -0.0439. The minimum Gasteiger partial charge on any atom is -0.280 e. The molecule has 3 aromatic rings. The van der Waals surface area contributed by atoms with Crippen molar-refractivity contribution < 1.29 is 21.2 Å². The van der Waals surface area contributed by atoms with Crippen molar-refractivity contribution in [1.29, 1.82) is 0 Å². The van der Waals surface area contributed by atoms with Crippen LogP contribution in [0.15, 0.2) is 82.6 Å². The Morgan fingerprint density at radius 2 is 1.57 bits per heavy atom. The van der Waals surface area contributed by atoms with Gasteiger partial charge < -0.3 is 0 Å². The molecule has 1 N–H and O–H groups in total. The Morgan fingerprint density at radius 1 is 0.833 bits per heavy atom. The van der Waals surface area contributed by atoms with Crippen LogP contribution in [0.1, 0.15) is 12.0 Å². The minimum atomic E-state index is -4.03. The van der Waals surface area contributed by atoms with Crippen LogP contribution < -0.4 is 9.03 Å². The molecular weight excluding hydrogens is 427 g/mol. The summed E-state index contributed by atoms with van der Waals surface area (Å²) >= 11 is 0. The third-order valence-corrected chi connectivity index (χ3v) is 8.06. The molecule has 0 saturated carbocycles. The molecule has 9 heteroatoms. The quantitative estimate of drug-likeness (QED) is 0.647. The van der Waals surface area contributed by atoms with Gasteiger partial charge in [-0.15, -0.1) is 0 Å². The van der Waals surface area contributed by atoms with Crippen LogP contribution in [0.4, 0.5) is 15.8 Å². The van der Waals surface area contributed by atoms with Crippen molar-refractivity contribution in [2.75, 3.05) is 15.6 Å². The van der Waals surface area contributed by atoms with Crippen LogP contribution >= 0.6 is 0 Å². The molecule has 6 nitrogen and oxygen atoms in total. The van der Waals surface area contributed by atoms with Gasteiger partial charge >= 0.3 is 0 Å². The second kappa shape index (κ2) is 7.73. The molecule has 0 spiro atoms. The largest absolute Gasteiger partial charge is 0.280 e. The van der Waals surface area contributed by atoms with Gasteiger partial charge in [-0.2, -0.15) is 0 Å². The summed E-state index contributed by atoms with van der Waals surface area (Å²) < 4.78 is 68.7. The summed E-state index contributed by atoms with van der Waals surface area (Å²) in [5.74, 6) is -0.663. The van der Waals surface area contributed by atoms with Crippen molar-refractivity contribution in [3.63, 3.8) is 0 Å². The second-order valence-corrected chi connectivity index (χ2v) is 10.4. The highest BCUT2D eigenvalue weighted by atomic mass is 32.2. The molecule has 0 aliphatic carbocycles. The Kier molecular flexibility index (Phi) is 5.25. The highest BCUT2D eigenvalue weighted by molar-refractivity contribution is 7.93. The first-order chi connectivity index (χ1) is 14.3. The third kappa shape index (κ3) is 3.90. The molecule has 0 bridgehead atoms. The Labute approximate surface area is 175 Å². The van der Waals surface area contributed by atoms with E-state index in [0.29, 0.717) is 25.1 Å². The van der Waals surface area contributed by atoms with Gasteiger partial charge in [-0.25, -0.2) is 21.2 Å². The average molecular weight is 447 g/mol. The first kappa shape index (κ1) is 20.4. The maximum absolute atomic E-state index is 13.4. The monoisotopic (exact) mass is 446 g/mol. The van der Waals surface area contributed by atoms with Crippen molar-refractivity contribution in [3.05, 3.63) is 84.2 Å². The predicted octanol–water partition coefficient (Wildman–Crippen LogP) is 3.77. The normalized spacial score (nSPS) is 14.2. The van der Waals surface area contributed by atoms with Crippen LogP contribution in [0.25, 0.3) is 0 Å². The molecule has 0 unspecified atom stereocenters. The van der Waals surface area contributed by atoms with Crippen molar-refractivity contribution in [3.8, 4) is 0 Å². The van der Waals surface area contributed by atoms with Crippen molar-refractivity contribution in [2.24, 2.45) is 0 Å². The zero-order valence-corrected chi connectivity index (χ0v) is 17.5. The van der Waals surface area contributed by atoms with Crippen molar-refractivity contribution in [2.45, 2.75) is 22.6 Å². The Hall–Kier alpha value is -2.91. The molecule has 0 radical (unpaired) electrons. The fourth-order valence-corrected chi connectivity index (χ4v) is 6.06. The first-order valence-electron chi connectivity index (χ1n) is 9.26. The Bertz CT molecular complexity index is 1290. The molecule has 0 saturated heterocycles. The van der Waals surface area contributed by atoms with Gasteiger partial charge in [-0.1, -0.05) is 30.3 Å². The van der Waals surface area contributed by atoms with E-state index in [9.17, 15) is 21.2 Å². The molecule has 1 aliphatic rings. The number of halogens is 1. The van der Waals surface area contributed by atoms with Gasteiger partial charge in [-0.05, 0) is 60.9 Å². The van der Waals surface area contributed by atoms with Gasteiger partial charge in [0.1, 0.15) is 5.82 Å². The fraction of sp³-hybridized carbons (Fsp3) is 0.143. The zero-order valence-electron chi connectivity index (χ0n) is 15.8. The number of sulfonamides is 2. The summed E-state index contributed by atoms with van der Waals surface area (Å²) in [5, 5.41) is 0.